The van der Waals surface area contributed by atoms with Crippen molar-refractivity contribution >= 4 is 28.6 Å². The van der Waals surface area contributed by atoms with Crippen molar-refractivity contribution in [2.24, 2.45) is 10.9 Å². The Balaban J connectivity index is 1.11. The molecule has 2 heterocycles. The lowest BCUT2D eigenvalue weighted by atomic mass is 9.97. The molecule has 1 N–H and O–H groups in total. The van der Waals surface area contributed by atoms with Crippen molar-refractivity contribution in [1.82, 2.24) is 20.1 Å². The Kier molecular flexibility index (Phi) is 10.7. The monoisotopic (exact) mass is 666 g/mol. The zero-order valence-electron chi connectivity index (χ0n) is 26.6. The van der Waals surface area contributed by atoms with E-state index in [9.17, 15) is 18.0 Å². The molecule has 0 radical (unpaired) electrons. The highest BCUT2D eigenvalue weighted by Crippen LogP contribution is 2.35. The first-order valence-electron chi connectivity index (χ1n) is 15.3. The lowest BCUT2D eigenvalue weighted by Gasteiger charge is -2.23. The predicted molar refractivity (Wildman–Crippen MR) is 179 cm³/mol. The minimum absolute atomic E-state index is 0.290. The van der Waals surface area contributed by atoms with Crippen molar-refractivity contribution in [1.29, 1.82) is 0 Å². The Morgan fingerprint density at radius 2 is 1.77 bits per heavy atom. The van der Waals surface area contributed by atoms with Crippen LogP contribution in [0.5, 0.6) is 11.5 Å². The highest BCUT2D eigenvalue weighted by Gasteiger charge is 2.31. The number of hydrogen-bond acceptors (Lipinski definition) is 6. The number of benzene rings is 3. The van der Waals surface area contributed by atoms with E-state index in [0.717, 1.165) is 53.3 Å². The van der Waals surface area contributed by atoms with E-state index < -0.39 is 6.36 Å². The average Bonchev–Trinajstić information content (AvgIpc) is 3.71. The minimum Gasteiger partial charge on any atom is -0.497 e. The minimum atomic E-state index is -4.74. The molecule has 3 aromatic carbocycles. The van der Waals surface area contributed by atoms with E-state index in [0.29, 0.717) is 35.1 Å². The van der Waals surface area contributed by atoms with Crippen LogP contribution in [-0.4, -0.2) is 58.3 Å². The van der Waals surface area contributed by atoms with Gasteiger partial charge in [-0.3, -0.25) is 0 Å². The van der Waals surface area contributed by atoms with Crippen molar-refractivity contribution in [3.05, 3.63) is 84.2 Å². The number of ether oxygens (including phenoxy) is 2. The first-order chi connectivity index (χ1) is 22.5. The second-order valence-electron chi connectivity index (χ2n) is 11.6. The number of nitrogens with one attached hydrogen (secondary N) is 1. The van der Waals surface area contributed by atoms with Crippen molar-refractivity contribution in [3.63, 3.8) is 0 Å². The third kappa shape index (κ3) is 9.06. The smallest absolute Gasteiger partial charge is 0.497 e. The Labute approximate surface area is 276 Å². The topological polar surface area (TPSA) is 93.9 Å². The maximum absolute atomic E-state index is 12.7. The number of anilines is 1. The Morgan fingerprint density at radius 1 is 1.04 bits per heavy atom. The molecule has 1 aliphatic heterocycles. The molecule has 0 bridgehead atoms. The van der Waals surface area contributed by atoms with Gasteiger partial charge >= 0.3 is 12.4 Å². The Morgan fingerprint density at radius 3 is 2.45 bits per heavy atom. The molecule has 1 fully saturated rings. The maximum atomic E-state index is 12.7. The van der Waals surface area contributed by atoms with Gasteiger partial charge in [0.1, 0.15) is 17.8 Å². The molecule has 248 valence electrons. The van der Waals surface area contributed by atoms with Gasteiger partial charge in [-0.1, -0.05) is 56.8 Å². The summed E-state index contributed by atoms with van der Waals surface area (Å²) < 4.78 is 48.1. The fourth-order valence-electron chi connectivity index (χ4n) is 5.25. The zero-order chi connectivity index (χ0) is 33.6. The fraction of sp³-hybridized carbons (Fsp3) is 0.353. The van der Waals surface area contributed by atoms with Crippen LogP contribution >= 0.6 is 11.8 Å². The molecule has 13 heteroatoms. The van der Waals surface area contributed by atoms with E-state index in [1.807, 2.05) is 42.5 Å². The summed E-state index contributed by atoms with van der Waals surface area (Å²) >= 11 is 1.58. The Bertz CT molecular complexity index is 1690. The summed E-state index contributed by atoms with van der Waals surface area (Å²) in [5, 5.41) is 8.12. The lowest BCUT2D eigenvalue weighted by Crippen LogP contribution is -2.29. The number of thioether (sulfide) groups is 1. The van der Waals surface area contributed by atoms with Gasteiger partial charge in [0.2, 0.25) is 0 Å². The summed E-state index contributed by atoms with van der Waals surface area (Å²) in [6.07, 6.45) is -1.61. The molecule has 0 spiro atoms. The molecular weight excluding hydrogens is 629 g/mol. The second kappa shape index (κ2) is 14.9. The molecule has 47 heavy (non-hydrogen) atoms. The summed E-state index contributed by atoms with van der Waals surface area (Å²) in [6.45, 7) is 7.73. The standard InChI is InChI=1S/C34H37F3N6O3S/c1-22(2)29-20-28(45-4)13-14-30(29)42-17-18-47-33(42)40-32(44)38-16-15-23(3)19-24-5-7-25(8-6-24)31-39-21-43(41-31)26-9-11-27(12-10-26)46-34(35,36)37/h5-14,20-23H,15-19H2,1-4H3,(H,38,44). The van der Waals surface area contributed by atoms with Crippen molar-refractivity contribution in [2.45, 2.75) is 45.9 Å². The number of aliphatic imine (C=N–C) groups is 1. The number of halogens is 3. The van der Waals surface area contributed by atoms with Gasteiger partial charge < -0.3 is 19.7 Å². The molecule has 0 saturated carbocycles. The number of urea groups is 1. The number of carbonyl (C=O) groups excluding carboxylic acids is 1. The Hall–Kier alpha value is -4.52. The highest BCUT2D eigenvalue weighted by molar-refractivity contribution is 8.14. The summed E-state index contributed by atoms with van der Waals surface area (Å²) in [4.78, 5) is 23.6. The summed E-state index contributed by atoms with van der Waals surface area (Å²) in [7, 11) is 1.66. The summed E-state index contributed by atoms with van der Waals surface area (Å²) in [6, 6.07) is 19.0. The number of aromatic nitrogens is 3. The number of nitrogens with zero attached hydrogens (tertiary/aromatic N) is 5. The van der Waals surface area contributed by atoms with E-state index in [1.165, 1.54) is 35.3 Å². The van der Waals surface area contributed by atoms with Crippen molar-refractivity contribution in [3.8, 4) is 28.6 Å². The molecule has 1 aromatic heterocycles. The van der Waals surface area contributed by atoms with Crippen LogP contribution in [0.3, 0.4) is 0 Å². The van der Waals surface area contributed by atoms with Crippen LogP contribution < -0.4 is 19.7 Å². The fourth-order valence-corrected chi connectivity index (χ4v) is 6.20. The lowest BCUT2D eigenvalue weighted by molar-refractivity contribution is -0.274. The number of amides is 2. The molecule has 1 unspecified atom stereocenters. The van der Waals surface area contributed by atoms with Gasteiger partial charge in [0.25, 0.3) is 0 Å². The molecule has 5 rings (SSSR count). The molecule has 1 aliphatic rings. The summed E-state index contributed by atoms with van der Waals surface area (Å²) in [5.74, 6) is 2.47. The van der Waals surface area contributed by atoms with E-state index in [1.54, 1.807) is 18.9 Å². The maximum Gasteiger partial charge on any atom is 0.573 e. The molecule has 4 aromatic rings. The molecular formula is C34H37F3N6O3S. The highest BCUT2D eigenvalue weighted by atomic mass is 32.2. The van der Waals surface area contributed by atoms with E-state index in [4.69, 9.17) is 4.74 Å². The van der Waals surface area contributed by atoms with Crippen LogP contribution in [0.25, 0.3) is 17.1 Å². The first kappa shape index (κ1) is 33.8. The van der Waals surface area contributed by atoms with E-state index in [2.05, 4.69) is 50.8 Å². The summed E-state index contributed by atoms with van der Waals surface area (Å²) in [5.41, 5.74) is 4.72. The van der Waals surface area contributed by atoms with Gasteiger partial charge in [-0.2, -0.15) is 4.99 Å². The van der Waals surface area contributed by atoms with Gasteiger partial charge in [-0.15, -0.1) is 18.3 Å². The molecule has 1 atom stereocenters. The van der Waals surface area contributed by atoms with Crippen LogP contribution in [0.15, 0.2) is 78.0 Å². The number of alkyl halides is 3. The largest absolute Gasteiger partial charge is 0.573 e. The molecule has 2 amide bonds. The van der Waals surface area contributed by atoms with Gasteiger partial charge in [-0.05, 0) is 78.3 Å². The third-order valence-corrected chi connectivity index (χ3v) is 8.61. The van der Waals surface area contributed by atoms with Crippen molar-refractivity contribution < 1.29 is 27.4 Å². The number of hydrogen-bond donors (Lipinski definition) is 1. The van der Waals surface area contributed by atoms with E-state index >= 15 is 0 Å². The zero-order valence-corrected chi connectivity index (χ0v) is 27.4. The first-order valence-corrected chi connectivity index (χ1v) is 16.3. The van der Waals surface area contributed by atoms with Gasteiger partial charge in [0.05, 0.1) is 12.8 Å². The normalized spacial score (nSPS) is 14.9. The third-order valence-electron chi connectivity index (χ3n) is 7.66. The van der Waals surface area contributed by atoms with Crippen LogP contribution in [0.4, 0.5) is 23.7 Å². The van der Waals surface area contributed by atoms with Gasteiger partial charge in [0.15, 0.2) is 11.0 Å². The van der Waals surface area contributed by atoms with E-state index in [-0.39, 0.29) is 11.8 Å². The molecule has 9 nitrogen and oxygen atoms in total. The molecule has 1 saturated heterocycles. The van der Waals surface area contributed by atoms with Crippen LogP contribution in [0.2, 0.25) is 0 Å². The van der Waals surface area contributed by atoms with Crippen molar-refractivity contribution in [2.75, 3.05) is 30.9 Å². The number of methoxy groups -OCH3 is 1. The van der Waals surface area contributed by atoms with Gasteiger partial charge in [0, 0.05) is 30.1 Å². The predicted octanol–water partition coefficient (Wildman–Crippen LogP) is 7.85. The number of carbonyl (C=O) groups is 1. The quantitative estimate of drug-likeness (QED) is 0.174. The average molecular weight is 667 g/mol. The number of amidine groups is 1. The second-order valence-corrected chi connectivity index (χ2v) is 12.6. The molecule has 0 aliphatic carbocycles. The van der Waals surface area contributed by atoms with Crippen LogP contribution in [0, 0.1) is 5.92 Å². The SMILES string of the molecule is COc1ccc(N2CCSC2=NC(=O)NCCC(C)Cc2ccc(-c3ncn(-c4ccc(OC(F)(F)F)cc4)n3)cc2)c(C(C)C)c1. The number of rotatable bonds is 11. The van der Waals surface area contributed by atoms with Gasteiger partial charge in [-0.25, -0.2) is 14.5 Å². The van der Waals surface area contributed by atoms with Crippen LogP contribution in [0.1, 0.15) is 44.2 Å². The van der Waals surface area contributed by atoms with Crippen LogP contribution in [-0.2, 0) is 6.42 Å².